The molecular weight excluding hydrogens is 956 g/mol. The van der Waals surface area contributed by atoms with Crippen molar-refractivity contribution in [2.45, 2.75) is 58.7 Å². The van der Waals surface area contributed by atoms with Crippen LogP contribution in [0.4, 0.5) is 0 Å². The van der Waals surface area contributed by atoms with Crippen LogP contribution in [0, 0.1) is 0 Å². The van der Waals surface area contributed by atoms with Gasteiger partial charge in [-0.2, -0.15) is 0 Å². The van der Waals surface area contributed by atoms with Gasteiger partial charge in [0.05, 0.1) is 39.2 Å². The molecule has 0 aliphatic carbocycles. The Hall–Kier alpha value is 1.64. The van der Waals surface area contributed by atoms with Crippen LogP contribution < -0.4 is 128 Å². The first kappa shape index (κ1) is 54.6. The zero-order valence-electron chi connectivity index (χ0n) is 26.8. The van der Waals surface area contributed by atoms with E-state index in [0.29, 0.717) is 48.5 Å². The Morgan fingerprint density at radius 3 is 0.717 bits per heavy atom. The average molecular weight is 966 g/mol. The van der Waals surface area contributed by atoms with Crippen LogP contribution in [0.5, 0.6) is 23.0 Å². The molecule has 29 heteroatoms. The summed E-state index contributed by atoms with van der Waals surface area (Å²) >= 11 is 0.625. The van der Waals surface area contributed by atoms with Gasteiger partial charge in [-0.15, -0.1) is 0 Å². The topological polar surface area (TPSA) is 315 Å². The van der Waals surface area contributed by atoms with E-state index >= 15 is 0 Å². The molecule has 0 fully saturated rings. The molecule has 0 amide bonds. The zero-order valence-corrected chi connectivity index (χ0v) is 42.3. The Balaban J connectivity index is 0.00000541. The third-order valence-corrected chi connectivity index (χ3v) is 13.5. The fourth-order valence-electron chi connectivity index (χ4n) is 3.89. The molecule has 53 heavy (non-hydrogen) atoms. The number of phenolic OH excluding ortho intramolecular Hbond substituents is 2. The summed E-state index contributed by atoms with van der Waals surface area (Å²) < 4.78 is 144. The maximum absolute atomic E-state index is 13.5. The Kier molecular flexibility index (Phi) is 20.9. The molecule has 0 aromatic heterocycles. The first-order valence-electron chi connectivity index (χ1n) is 11.9. The normalized spacial score (nSPS) is 12.8. The van der Waals surface area contributed by atoms with Crippen molar-refractivity contribution >= 4 is 87.5 Å². The molecule has 8 bridgehead atoms. The van der Waals surface area contributed by atoms with E-state index in [2.05, 4.69) is 0 Å². The fourth-order valence-corrected chi connectivity index (χ4v) is 10.9. The van der Waals surface area contributed by atoms with Crippen LogP contribution in [0.25, 0.3) is 0 Å². The van der Waals surface area contributed by atoms with Gasteiger partial charge in [0.25, 0.3) is 0 Å². The number of fused-ring (bicyclic) bond motifs is 8. The zero-order chi connectivity index (χ0) is 35.7. The van der Waals surface area contributed by atoms with E-state index in [1.165, 1.54) is 0 Å². The van der Waals surface area contributed by atoms with Gasteiger partial charge >= 0.3 is 135 Å². The van der Waals surface area contributed by atoms with Crippen molar-refractivity contribution in [3.63, 3.8) is 0 Å². The second-order valence-electron chi connectivity index (χ2n) is 9.26. The number of hydrogen-bond donors (Lipinski definition) is 2. The van der Waals surface area contributed by atoms with Crippen LogP contribution in [0.1, 0.15) is 0 Å². The van der Waals surface area contributed by atoms with Gasteiger partial charge in [-0.05, 0) is 48.5 Å². The van der Waals surface area contributed by atoms with E-state index in [0.717, 1.165) is 0 Å². The van der Waals surface area contributed by atoms with Crippen molar-refractivity contribution in [2.75, 3.05) is 0 Å². The molecule has 0 saturated carbocycles. The third-order valence-electron chi connectivity index (χ3n) is 6.05. The summed E-state index contributed by atoms with van der Waals surface area (Å²) in [4.78, 5) is -9.36. The minimum atomic E-state index is -5.37. The smallest absolute Gasteiger partial charge is 0.871 e. The predicted octanol–water partition coefficient (Wildman–Crippen LogP) is -10.2. The summed E-state index contributed by atoms with van der Waals surface area (Å²) in [5, 5.41) is 49.2. The number of phenols is 2. The van der Waals surface area contributed by atoms with Crippen molar-refractivity contribution in [3.05, 3.63) is 48.5 Å². The molecule has 4 aromatic carbocycles. The second-order valence-corrected chi connectivity index (χ2v) is 19.1. The fraction of sp³-hybridized carbons (Fsp3) is 0. The van der Waals surface area contributed by atoms with Gasteiger partial charge in [-0.3, -0.25) is 0 Å². The molecule has 16 nitrogen and oxygen atoms in total. The SMILES string of the molecule is O=S(=O)([O-])c1cc2c([O-])c(c1)Sc1cc(S(=O)(=O)[O-])cc(c1O)Sc1cc(S(=O)(=O)[O-])cc(c1O)Sc1cc(S(=O)(=O)[O-])cc(c1[O-])S2.[Cu+2].[Na+].[Na+].[Na+].[Na+]. The molecule has 0 atom stereocenters. The average Bonchev–Trinajstić information content (AvgIpc) is 2.93. The van der Waals surface area contributed by atoms with Gasteiger partial charge < -0.3 is 38.6 Å². The maximum Gasteiger partial charge on any atom is 2.00 e. The third kappa shape index (κ3) is 12.8. The summed E-state index contributed by atoms with van der Waals surface area (Å²) in [5.41, 5.74) is 0. The summed E-state index contributed by atoms with van der Waals surface area (Å²) in [7, 11) is -21.4. The van der Waals surface area contributed by atoms with E-state index < -0.39 is 122 Å². The predicted molar refractivity (Wildman–Crippen MR) is 156 cm³/mol. The summed E-state index contributed by atoms with van der Waals surface area (Å²) in [6.45, 7) is 0. The van der Waals surface area contributed by atoms with Gasteiger partial charge in [0, 0.05) is 19.6 Å². The largest absolute Gasteiger partial charge is 2.00 e. The molecule has 1 heterocycles. The van der Waals surface area contributed by atoms with Crippen LogP contribution in [-0.2, 0) is 57.5 Å². The van der Waals surface area contributed by atoms with Crippen LogP contribution in [0.3, 0.4) is 0 Å². The first-order chi connectivity index (χ1) is 21.9. The minimum Gasteiger partial charge on any atom is -0.871 e. The molecule has 4 aromatic rings. The van der Waals surface area contributed by atoms with Gasteiger partial charge in [0.1, 0.15) is 52.0 Å². The summed E-state index contributed by atoms with van der Waals surface area (Å²) in [5.74, 6) is -4.05. The molecule has 0 spiro atoms. The van der Waals surface area contributed by atoms with Gasteiger partial charge in [0.2, 0.25) is 0 Å². The molecule has 1 aliphatic rings. The Morgan fingerprint density at radius 1 is 0.377 bits per heavy atom. The van der Waals surface area contributed by atoms with Crippen molar-refractivity contribution < 1.29 is 208 Å². The molecule has 1 aliphatic heterocycles. The van der Waals surface area contributed by atoms with Crippen molar-refractivity contribution in [3.8, 4) is 23.0 Å². The van der Waals surface area contributed by atoms with E-state index in [1.807, 2.05) is 0 Å². The first-order valence-corrected chi connectivity index (χ1v) is 20.8. The number of benzene rings is 4. The Bertz CT molecular complexity index is 2080. The summed E-state index contributed by atoms with van der Waals surface area (Å²) in [6.07, 6.45) is 0. The van der Waals surface area contributed by atoms with Gasteiger partial charge in [0.15, 0.2) is 0 Å². The Morgan fingerprint density at radius 2 is 0.528 bits per heavy atom. The molecule has 265 valence electrons. The molecule has 2 N–H and O–H groups in total. The minimum absolute atomic E-state index is 0. The monoisotopic (exact) mass is 965 g/mol. The molecule has 1 radical (unpaired) electrons. The van der Waals surface area contributed by atoms with Crippen molar-refractivity contribution in [1.29, 1.82) is 0 Å². The van der Waals surface area contributed by atoms with Crippen LogP contribution >= 0.6 is 47.0 Å². The molecular formula is C24H10CuNa4O16S8. The quantitative estimate of drug-likeness (QED) is 0.125. The summed E-state index contributed by atoms with van der Waals surface area (Å²) in [6, 6.07) is 4.54. The number of aromatic hydroxyl groups is 2. The van der Waals surface area contributed by atoms with E-state index in [-0.39, 0.29) is 182 Å². The van der Waals surface area contributed by atoms with Gasteiger partial charge in [-0.1, -0.05) is 58.5 Å². The van der Waals surface area contributed by atoms with E-state index in [1.54, 1.807) is 0 Å². The maximum atomic E-state index is 13.5. The Labute approximate surface area is 418 Å². The number of hydrogen-bond acceptors (Lipinski definition) is 20. The van der Waals surface area contributed by atoms with E-state index in [4.69, 9.17) is 0 Å². The van der Waals surface area contributed by atoms with Gasteiger partial charge in [-0.25, -0.2) is 33.7 Å². The second kappa shape index (κ2) is 20.3. The number of rotatable bonds is 4. The van der Waals surface area contributed by atoms with Crippen LogP contribution in [0.15, 0.2) is 107 Å². The van der Waals surface area contributed by atoms with Crippen LogP contribution in [-0.4, -0.2) is 62.1 Å². The van der Waals surface area contributed by atoms with E-state index in [9.17, 15) is 72.3 Å². The van der Waals surface area contributed by atoms with Crippen molar-refractivity contribution in [2.24, 2.45) is 0 Å². The standard InChI is InChI=1S/C24H16O16S8.Cu.4Na/c25-21-13-1-9(45(29,30)31)2-14(21)42-17-5-11(47(35,36)37)6-18(23(17)27)44-20-8-12(48(38,39)40)7-19(24(20)28)43-16-4-10(46(32,33)34)3-15(41-13)22(16)26;;;;;/h1-8,25-28H,(H,29,30,31)(H,32,33,34)(H,35,36,37)(H,38,39,40);;;;;/q;+2;4*+1/p-6. The molecule has 5 rings (SSSR count). The molecule has 0 saturated heterocycles. The van der Waals surface area contributed by atoms with Crippen LogP contribution in [0.2, 0.25) is 0 Å². The molecule has 0 unspecified atom stereocenters. The van der Waals surface area contributed by atoms with Crippen molar-refractivity contribution in [1.82, 2.24) is 0 Å².